The van der Waals surface area contributed by atoms with Crippen molar-refractivity contribution in [3.8, 4) is 0 Å². The molecule has 3 aromatic rings. The summed E-state index contributed by atoms with van der Waals surface area (Å²) in [4.78, 5) is 0. The van der Waals surface area contributed by atoms with Crippen LogP contribution < -0.4 is 5.32 Å². The third-order valence-corrected chi connectivity index (χ3v) is 3.41. The molecule has 0 fully saturated rings. The minimum atomic E-state index is 0.901. The molecule has 0 bridgehead atoms. The van der Waals surface area contributed by atoms with Gasteiger partial charge in [0, 0.05) is 19.3 Å². The number of hydrogen-bond acceptors (Lipinski definition) is 3. The van der Waals surface area contributed by atoms with E-state index in [4.69, 9.17) is 0 Å². The van der Waals surface area contributed by atoms with Gasteiger partial charge in [-0.3, -0.25) is 4.68 Å². The zero-order chi connectivity index (χ0) is 13.6. The van der Waals surface area contributed by atoms with E-state index in [1.54, 1.807) is 6.20 Å². The van der Waals surface area contributed by atoms with Gasteiger partial charge in [0.05, 0.1) is 6.20 Å². The molecule has 2 aromatic carbocycles. The summed E-state index contributed by atoms with van der Waals surface area (Å²) in [5.41, 5.74) is 1.35. The molecule has 0 saturated heterocycles. The number of nitrogens with one attached hydrogen (secondary N) is 1. The van der Waals surface area contributed by atoms with Crippen LogP contribution in [0.25, 0.3) is 10.8 Å². The fourth-order valence-electron chi connectivity index (χ4n) is 2.39. The van der Waals surface area contributed by atoms with Crippen molar-refractivity contribution in [2.75, 3.05) is 6.54 Å². The van der Waals surface area contributed by atoms with Gasteiger partial charge in [-0.05, 0) is 29.3 Å². The highest BCUT2D eigenvalue weighted by Crippen LogP contribution is 2.18. The summed E-state index contributed by atoms with van der Waals surface area (Å²) in [6.07, 6.45) is 4.66. The molecule has 20 heavy (non-hydrogen) atoms. The van der Waals surface area contributed by atoms with Crippen molar-refractivity contribution in [1.82, 2.24) is 20.3 Å². The monoisotopic (exact) mass is 266 g/mol. The molecule has 1 aromatic heterocycles. The van der Waals surface area contributed by atoms with Crippen LogP contribution in [-0.2, 0) is 13.1 Å². The molecule has 0 unspecified atom stereocenters. The zero-order valence-corrected chi connectivity index (χ0v) is 11.4. The van der Waals surface area contributed by atoms with E-state index < -0.39 is 0 Å². The van der Waals surface area contributed by atoms with Crippen molar-refractivity contribution < 1.29 is 0 Å². The Bertz CT molecular complexity index is 656. The Morgan fingerprint density at radius 3 is 2.85 bits per heavy atom. The zero-order valence-electron chi connectivity index (χ0n) is 11.4. The van der Waals surface area contributed by atoms with Crippen LogP contribution in [0, 0.1) is 0 Å². The lowest BCUT2D eigenvalue weighted by Gasteiger charge is -2.08. The predicted molar refractivity (Wildman–Crippen MR) is 80.3 cm³/mol. The molecule has 0 radical (unpaired) electrons. The number of rotatable bonds is 6. The number of benzene rings is 2. The third-order valence-electron chi connectivity index (χ3n) is 3.41. The molecule has 0 atom stereocenters. The molecule has 1 N–H and O–H groups in total. The van der Waals surface area contributed by atoms with Gasteiger partial charge in [-0.25, -0.2) is 0 Å². The molecule has 0 aliphatic heterocycles. The Hall–Kier alpha value is -2.20. The summed E-state index contributed by atoms with van der Waals surface area (Å²) >= 11 is 0. The first-order valence-electron chi connectivity index (χ1n) is 6.95. The number of aryl methyl sites for hydroxylation is 1. The van der Waals surface area contributed by atoms with Crippen molar-refractivity contribution in [1.29, 1.82) is 0 Å². The summed E-state index contributed by atoms with van der Waals surface area (Å²) in [5.74, 6) is 0. The Labute approximate surface area is 118 Å². The van der Waals surface area contributed by atoms with Crippen LogP contribution in [0.4, 0.5) is 0 Å². The lowest BCUT2D eigenvalue weighted by atomic mass is 10.0. The van der Waals surface area contributed by atoms with Gasteiger partial charge < -0.3 is 5.32 Å². The molecule has 0 saturated carbocycles. The topological polar surface area (TPSA) is 42.7 Å². The molecule has 4 heteroatoms. The van der Waals surface area contributed by atoms with Crippen molar-refractivity contribution >= 4 is 10.8 Å². The van der Waals surface area contributed by atoms with Crippen LogP contribution in [0.3, 0.4) is 0 Å². The first kappa shape index (κ1) is 12.8. The van der Waals surface area contributed by atoms with Crippen molar-refractivity contribution in [2.24, 2.45) is 0 Å². The van der Waals surface area contributed by atoms with Crippen LogP contribution in [0.5, 0.6) is 0 Å². The van der Waals surface area contributed by atoms with Crippen LogP contribution >= 0.6 is 0 Å². The number of aromatic nitrogens is 3. The molecular formula is C16H18N4. The fraction of sp³-hybridized carbons (Fsp3) is 0.250. The number of hydrogen-bond donors (Lipinski definition) is 1. The van der Waals surface area contributed by atoms with Gasteiger partial charge in [0.1, 0.15) is 0 Å². The molecule has 3 rings (SSSR count). The molecule has 102 valence electrons. The normalized spacial score (nSPS) is 11.0. The van der Waals surface area contributed by atoms with Crippen molar-refractivity contribution in [3.05, 3.63) is 60.4 Å². The van der Waals surface area contributed by atoms with Crippen LogP contribution in [0.2, 0.25) is 0 Å². The van der Waals surface area contributed by atoms with E-state index in [0.717, 1.165) is 26.1 Å². The Morgan fingerprint density at radius 1 is 1.05 bits per heavy atom. The number of nitrogens with zero attached hydrogens (tertiary/aromatic N) is 3. The molecule has 4 nitrogen and oxygen atoms in total. The third kappa shape index (κ3) is 3.03. The smallest absolute Gasteiger partial charge is 0.0692 e. The lowest BCUT2D eigenvalue weighted by Crippen LogP contribution is -2.16. The fourth-order valence-corrected chi connectivity index (χ4v) is 2.39. The van der Waals surface area contributed by atoms with E-state index in [1.807, 2.05) is 10.9 Å². The molecule has 0 amide bonds. The molecule has 0 aliphatic rings. The van der Waals surface area contributed by atoms with E-state index in [0.29, 0.717) is 0 Å². The molecule has 1 heterocycles. The number of fused-ring (bicyclic) bond motifs is 1. The van der Waals surface area contributed by atoms with Gasteiger partial charge in [-0.2, -0.15) is 0 Å². The van der Waals surface area contributed by atoms with E-state index >= 15 is 0 Å². The van der Waals surface area contributed by atoms with Crippen LogP contribution in [0.15, 0.2) is 54.9 Å². The van der Waals surface area contributed by atoms with Gasteiger partial charge in [0.25, 0.3) is 0 Å². The largest absolute Gasteiger partial charge is 0.313 e. The second-order valence-electron chi connectivity index (χ2n) is 4.83. The second kappa shape index (κ2) is 6.30. The maximum Gasteiger partial charge on any atom is 0.0692 e. The lowest BCUT2D eigenvalue weighted by molar-refractivity contribution is 0.530. The molecule has 0 aliphatic carbocycles. The standard InChI is InChI=1S/C16H18N4/c1-2-8-16-14(5-1)6-3-7-15(16)13-17-9-4-11-20-12-10-18-19-20/h1-3,5-8,10,12,17H,4,9,11,13H2. The summed E-state index contributed by atoms with van der Waals surface area (Å²) < 4.78 is 1.86. The average molecular weight is 266 g/mol. The quantitative estimate of drug-likeness (QED) is 0.697. The highest BCUT2D eigenvalue weighted by molar-refractivity contribution is 5.85. The highest BCUT2D eigenvalue weighted by atomic mass is 15.4. The van der Waals surface area contributed by atoms with E-state index in [-0.39, 0.29) is 0 Å². The first-order valence-corrected chi connectivity index (χ1v) is 6.95. The SMILES string of the molecule is c1ccc2c(CNCCCn3ccnn3)cccc2c1. The second-order valence-corrected chi connectivity index (χ2v) is 4.83. The van der Waals surface area contributed by atoms with Gasteiger partial charge in [-0.15, -0.1) is 5.10 Å². The van der Waals surface area contributed by atoms with Crippen LogP contribution in [0.1, 0.15) is 12.0 Å². The van der Waals surface area contributed by atoms with E-state index in [2.05, 4.69) is 58.1 Å². The molecular weight excluding hydrogens is 248 g/mol. The average Bonchev–Trinajstić information content (AvgIpc) is 3.00. The first-order chi connectivity index (χ1) is 9.93. The van der Waals surface area contributed by atoms with Crippen molar-refractivity contribution in [2.45, 2.75) is 19.5 Å². The van der Waals surface area contributed by atoms with E-state index in [1.165, 1.54) is 16.3 Å². The Kier molecular flexibility index (Phi) is 4.04. The van der Waals surface area contributed by atoms with E-state index in [9.17, 15) is 0 Å². The van der Waals surface area contributed by atoms with Crippen LogP contribution in [-0.4, -0.2) is 21.5 Å². The van der Waals surface area contributed by atoms with Gasteiger partial charge >= 0.3 is 0 Å². The highest BCUT2D eigenvalue weighted by Gasteiger charge is 1.99. The van der Waals surface area contributed by atoms with Gasteiger partial charge in [-0.1, -0.05) is 47.7 Å². The van der Waals surface area contributed by atoms with Gasteiger partial charge in [0.15, 0.2) is 0 Å². The van der Waals surface area contributed by atoms with Crippen molar-refractivity contribution in [3.63, 3.8) is 0 Å². The predicted octanol–water partition coefficient (Wildman–Crippen LogP) is 2.61. The Balaban J connectivity index is 1.52. The summed E-state index contributed by atoms with van der Waals surface area (Å²) in [7, 11) is 0. The molecule has 0 spiro atoms. The van der Waals surface area contributed by atoms with Gasteiger partial charge in [0.2, 0.25) is 0 Å². The summed E-state index contributed by atoms with van der Waals surface area (Å²) in [6.45, 7) is 2.78. The summed E-state index contributed by atoms with van der Waals surface area (Å²) in [6, 6.07) is 15.0. The maximum atomic E-state index is 3.95. The minimum Gasteiger partial charge on any atom is -0.313 e. The minimum absolute atomic E-state index is 0.901. The summed E-state index contributed by atoms with van der Waals surface area (Å²) in [5, 5.41) is 13.9. The maximum absolute atomic E-state index is 3.95. The Morgan fingerprint density at radius 2 is 1.95 bits per heavy atom.